The molecule has 3 aromatic heterocycles. The summed E-state index contributed by atoms with van der Waals surface area (Å²) in [5, 5.41) is 8.54. The molecule has 2 N–H and O–H groups in total. The molecule has 5 nitrogen and oxygen atoms in total. The van der Waals surface area contributed by atoms with Crippen LogP contribution in [0.2, 0.25) is 0 Å². The molecule has 0 bridgehead atoms. The van der Waals surface area contributed by atoms with E-state index in [2.05, 4.69) is 26.2 Å². The van der Waals surface area contributed by atoms with Crippen molar-refractivity contribution in [1.82, 2.24) is 25.1 Å². The fraction of sp³-hybridized carbons (Fsp3) is 0. The summed E-state index contributed by atoms with van der Waals surface area (Å²) in [5.74, 6) is 0.360. The van der Waals surface area contributed by atoms with Crippen LogP contribution >= 0.6 is 0 Å². The van der Waals surface area contributed by atoms with Gasteiger partial charge in [-0.1, -0.05) is 42.5 Å². The highest BCUT2D eigenvalue weighted by molar-refractivity contribution is 5.98. The van der Waals surface area contributed by atoms with Crippen LogP contribution in [0.4, 0.5) is 4.39 Å². The van der Waals surface area contributed by atoms with Crippen molar-refractivity contribution in [3.63, 3.8) is 0 Å². The molecule has 0 amide bonds. The Morgan fingerprint density at radius 2 is 1.68 bits per heavy atom. The van der Waals surface area contributed by atoms with Gasteiger partial charge in [-0.3, -0.25) is 10.1 Å². The minimum Gasteiger partial charge on any atom is -0.337 e. The van der Waals surface area contributed by atoms with Crippen LogP contribution < -0.4 is 0 Å². The number of aromatic nitrogens is 5. The topological polar surface area (TPSA) is 70.2 Å². The number of hydrogen-bond acceptors (Lipinski definition) is 3. The maximum Gasteiger partial charge on any atom is 0.159 e. The van der Waals surface area contributed by atoms with Crippen LogP contribution in [-0.4, -0.2) is 25.1 Å². The molecule has 3 heterocycles. The molecule has 0 saturated carbocycles. The van der Waals surface area contributed by atoms with E-state index >= 15 is 0 Å². The van der Waals surface area contributed by atoms with Gasteiger partial charge >= 0.3 is 0 Å². The first-order valence-corrected chi connectivity index (χ1v) is 9.90. The SMILES string of the molecule is Fc1ccccc1-c1cccc2[nH]c(-c3n[nH]c4ccc(-c5cccnc5)cc34)nc12. The molecule has 0 aliphatic rings. The number of H-pyrrole nitrogens is 2. The number of nitrogens with one attached hydrogen (secondary N) is 2. The molecule has 0 spiro atoms. The second-order valence-corrected chi connectivity index (χ2v) is 7.34. The second-order valence-electron chi connectivity index (χ2n) is 7.34. The minimum absolute atomic E-state index is 0.272. The summed E-state index contributed by atoms with van der Waals surface area (Å²) in [6.45, 7) is 0. The maximum atomic E-state index is 14.4. The van der Waals surface area contributed by atoms with Gasteiger partial charge in [0.25, 0.3) is 0 Å². The van der Waals surface area contributed by atoms with Crippen LogP contribution in [-0.2, 0) is 0 Å². The third-order valence-corrected chi connectivity index (χ3v) is 5.46. The quantitative estimate of drug-likeness (QED) is 0.381. The van der Waals surface area contributed by atoms with Crippen molar-refractivity contribution in [2.75, 3.05) is 0 Å². The van der Waals surface area contributed by atoms with Crippen LogP contribution in [0, 0.1) is 5.82 Å². The lowest BCUT2D eigenvalue weighted by atomic mass is 10.0. The lowest BCUT2D eigenvalue weighted by molar-refractivity contribution is 0.631. The van der Waals surface area contributed by atoms with E-state index in [1.807, 2.05) is 54.7 Å². The number of halogens is 1. The highest BCUT2D eigenvalue weighted by Crippen LogP contribution is 2.33. The van der Waals surface area contributed by atoms with E-state index in [9.17, 15) is 4.39 Å². The number of rotatable bonds is 3. The predicted octanol–water partition coefficient (Wildman–Crippen LogP) is 5.97. The van der Waals surface area contributed by atoms with Gasteiger partial charge < -0.3 is 4.98 Å². The van der Waals surface area contributed by atoms with E-state index in [4.69, 9.17) is 4.98 Å². The Bertz CT molecular complexity index is 1550. The monoisotopic (exact) mass is 405 g/mol. The number of fused-ring (bicyclic) bond motifs is 2. The van der Waals surface area contributed by atoms with Crippen LogP contribution in [0.1, 0.15) is 0 Å². The number of para-hydroxylation sites is 1. The smallest absolute Gasteiger partial charge is 0.159 e. The zero-order chi connectivity index (χ0) is 20.8. The number of hydrogen-bond donors (Lipinski definition) is 2. The molecular formula is C25H16FN5. The Labute approximate surface area is 176 Å². The van der Waals surface area contributed by atoms with Gasteiger partial charge in [0.1, 0.15) is 11.5 Å². The number of benzene rings is 3. The molecule has 0 atom stereocenters. The molecule has 3 aromatic carbocycles. The van der Waals surface area contributed by atoms with Gasteiger partial charge in [-0.2, -0.15) is 5.10 Å². The van der Waals surface area contributed by atoms with Crippen molar-refractivity contribution in [1.29, 1.82) is 0 Å². The van der Waals surface area contributed by atoms with Crippen molar-refractivity contribution >= 4 is 21.9 Å². The first-order chi connectivity index (χ1) is 15.3. The van der Waals surface area contributed by atoms with Crippen molar-refractivity contribution in [2.24, 2.45) is 0 Å². The van der Waals surface area contributed by atoms with Gasteiger partial charge in [0.05, 0.1) is 16.6 Å². The van der Waals surface area contributed by atoms with Crippen molar-refractivity contribution < 1.29 is 4.39 Å². The Hall–Kier alpha value is -4.32. The van der Waals surface area contributed by atoms with Crippen molar-refractivity contribution in [2.45, 2.75) is 0 Å². The summed E-state index contributed by atoms with van der Waals surface area (Å²) >= 11 is 0. The number of imidazole rings is 1. The Morgan fingerprint density at radius 3 is 2.55 bits per heavy atom. The molecule has 0 saturated heterocycles. The van der Waals surface area contributed by atoms with Crippen LogP contribution in [0.25, 0.3) is 55.7 Å². The molecule has 6 aromatic rings. The molecular weight excluding hydrogens is 389 g/mol. The average molecular weight is 405 g/mol. The predicted molar refractivity (Wildman–Crippen MR) is 120 cm³/mol. The molecule has 0 unspecified atom stereocenters. The molecule has 6 rings (SSSR count). The van der Waals surface area contributed by atoms with Gasteiger partial charge in [-0.25, -0.2) is 9.37 Å². The summed E-state index contributed by atoms with van der Waals surface area (Å²) in [7, 11) is 0. The Balaban J connectivity index is 1.53. The highest BCUT2D eigenvalue weighted by atomic mass is 19.1. The van der Waals surface area contributed by atoms with Crippen LogP contribution in [0.5, 0.6) is 0 Å². The zero-order valence-corrected chi connectivity index (χ0v) is 16.3. The van der Waals surface area contributed by atoms with E-state index in [0.29, 0.717) is 16.9 Å². The third-order valence-electron chi connectivity index (χ3n) is 5.46. The Kier molecular flexibility index (Phi) is 3.89. The second kappa shape index (κ2) is 6.88. The summed E-state index contributed by atoms with van der Waals surface area (Å²) < 4.78 is 14.4. The summed E-state index contributed by atoms with van der Waals surface area (Å²) in [4.78, 5) is 12.4. The summed E-state index contributed by atoms with van der Waals surface area (Å²) in [5.41, 5.74) is 6.52. The summed E-state index contributed by atoms with van der Waals surface area (Å²) in [6, 6.07) is 22.5. The van der Waals surface area contributed by atoms with Gasteiger partial charge in [0.2, 0.25) is 0 Å². The molecule has 0 aliphatic heterocycles. The van der Waals surface area contributed by atoms with Crippen LogP contribution in [0.3, 0.4) is 0 Å². The molecule has 148 valence electrons. The fourth-order valence-electron chi connectivity index (χ4n) is 3.95. The van der Waals surface area contributed by atoms with E-state index < -0.39 is 0 Å². The molecule has 31 heavy (non-hydrogen) atoms. The molecule has 0 radical (unpaired) electrons. The zero-order valence-electron chi connectivity index (χ0n) is 16.3. The van der Waals surface area contributed by atoms with E-state index in [0.717, 1.165) is 38.8 Å². The van der Waals surface area contributed by atoms with Gasteiger partial charge in [0.15, 0.2) is 5.82 Å². The lowest BCUT2D eigenvalue weighted by Crippen LogP contribution is -1.85. The van der Waals surface area contributed by atoms with E-state index in [1.165, 1.54) is 6.07 Å². The van der Waals surface area contributed by atoms with E-state index in [1.54, 1.807) is 18.3 Å². The van der Waals surface area contributed by atoms with Crippen LogP contribution in [0.15, 0.2) is 85.2 Å². The van der Waals surface area contributed by atoms with Crippen molar-refractivity contribution in [3.8, 4) is 33.8 Å². The average Bonchev–Trinajstić information content (AvgIpc) is 3.43. The normalized spacial score (nSPS) is 11.4. The fourth-order valence-corrected chi connectivity index (χ4v) is 3.95. The molecule has 0 aliphatic carbocycles. The first-order valence-electron chi connectivity index (χ1n) is 9.90. The largest absolute Gasteiger partial charge is 0.337 e. The lowest BCUT2D eigenvalue weighted by Gasteiger charge is -2.03. The number of nitrogens with zero attached hydrogens (tertiary/aromatic N) is 3. The van der Waals surface area contributed by atoms with Crippen molar-refractivity contribution in [3.05, 3.63) is 91.0 Å². The third kappa shape index (κ3) is 2.88. The summed E-state index contributed by atoms with van der Waals surface area (Å²) in [6.07, 6.45) is 3.59. The maximum absolute atomic E-state index is 14.4. The molecule has 6 heteroatoms. The van der Waals surface area contributed by atoms with Gasteiger partial charge in [-0.15, -0.1) is 0 Å². The highest BCUT2D eigenvalue weighted by Gasteiger charge is 2.16. The van der Waals surface area contributed by atoms with Gasteiger partial charge in [-0.05, 0) is 35.9 Å². The van der Waals surface area contributed by atoms with Gasteiger partial charge in [0, 0.05) is 34.5 Å². The number of pyridine rings is 1. The minimum atomic E-state index is -0.272. The standard InChI is InChI=1S/C25H16FN5/c26-20-8-2-1-6-17(20)18-7-3-9-22-23(18)29-25(28-22)24-19-13-15(10-11-21(19)30-31-24)16-5-4-12-27-14-16/h1-14H,(H,28,29)(H,30,31). The number of aromatic amines is 2. The first kappa shape index (κ1) is 17.5. The van der Waals surface area contributed by atoms with E-state index in [-0.39, 0.29) is 5.82 Å². The molecule has 0 fully saturated rings. The Morgan fingerprint density at radius 1 is 0.774 bits per heavy atom.